The molecule has 0 aliphatic carbocycles. The number of piperidine rings is 2. The summed E-state index contributed by atoms with van der Waals surface area (Å²) in [4.78, 5) is 16.5. The highest BCUT2D eigenvalue weighted by Gasteiger charge is 2.32. The van der Waals surface area contributed by atoms with E-state index in [0.717, 1.165) is 51.3 Å². The summed E-state index contributed by atoms with van der Waals surface area (Å²) in [6, 6.07) is 8.34. The van der Waals surface area contributed by atoms with Crippen molar-refractivity contribution in [1.82, 2.24) is 4.90 Å². The van der Waals surface area contributed by atoms with Gasteiger partial charge in [0, 0.05) is 37.4 Å². The van der Waals surface area contributed by atoms with Crippen LogP contribution in [0.3, 0.4) is 0 Å². The average molecular weight is 331 g/mol. The van der Waals surface area contributed by atoms with E-state index in [1.165, 1.54) is 18.4 Å². The number of ether oxygens (including phenoxy) is 1. The molecule has 0 aromatic heterocycles. The summed E-state index contributed by atoms with van der Waals surface area (Å²) in [5.74, 6) is 2.27. The second-order valence-corrected chi connectivity index (χ2v) is 7.58. The summed E-state index contributed by atoms with van der Waals surface area (Å²) < 4.78 is 5.31. The lowest BCUT2D eigenvalue weighted by Gasteiger charge is -2.36. The molecule has 2 heterocycles. The van der Waals surface area contributed by atoms with E-state index >= 15 is 0 Å². The molecule has 1 N–H and O–H groups in total. The van der Waals surface area contributed by atoms with Gasteiger partial charge in [-0.2, -0.15) is 0 Å². The highest BCUT2D eigenvalue weighted by molar-refractivity contribution is 5.79. The lowest BCUT2D eigenvalue weighted by molar-refractivity contribution is -0.919. The summed E-state index contributed by atoms with van der Waals surface area (Å²) in [6.07, 6.45) is 4.51. The molecule has 132 valence electrons. The van der Waals surface area contributed by atoms with Crippen molar-refractivity contribution >= 4 is 5.91 Å². The van der Waals surface area contributed by atoms with Gasteiger partial charge in [-0.25, -0.2) is 0 Å². The van der Waals surface area contributed by atoms with Crippen molar-refractivity contribution in [3.05, 3.63) is 29.8 Å². The van der Waals surface area contributed by atoms with Gasteiger partial charge in [-0.15, -0.1) is 0 Å². The Morgan fingerprint density at radius 1 is 1.29 bits per heavy atom. The van der Waals surface area contributed by atoms with Crippen molar-refractivity contribution in [2.24, 2.45) is 11.8 Å². The Morgan fingerprint density at radius 3 is 2.79 bits per heavy atom. The zero-order valence-corrected chi connectivity index (χ0v) is 15.1. The predicted octanol–water partition coefficient (Wildman–Crippen LogP) is 1.75. The second kappa shape index (κ2) is 8.02. The highest BCUT2D eigenvalue weighted by atomic mass is 16.5. The van der Waals surface area contributed by atoms with E-state index in [1.807, 2.05) is 6.07 Å². The topological polar surface area (TPSA) is 34.0 Å². The van der Waals surface area contributed by atoms with E-state index in [1.54, 1.807) is 12.0 Å². The standard InChI is InChI=1S/C20H30N2O2/c1-16-5-4-10-22(14-16)20(23)18-8-11-21(12-9-18)15-17-6-3-7-19(13-17)24-2/h3,6-7,13,16,18H,4-5,8-12,14-15H2,1-2H3/p+1/t16-/m1/s1. The molecule has 1 aromatic rings. The number of nitrogens with one attached hydrogen (secondary N) is 1. The average Bonchev–Trinajstić information content (AvgIpc) is 2.62. The summed E-state index contributed by atoms with van der Waals surface area (Å²) in [6.45, 7) is 7.42. The number of nitrogens with zero attached hydrogens (tertiary/aromatic N) is 1. The molecule has 4 nitrogen and oxygen atoms in total. The number of hydrogen-bond acceptors (Lipinski definition) is 2. The van der Waals surface area contributed by atoms with Crippen LogP contribution in [0.1, 0.15) is 38.2 Å². The Kier molecular flexibility index (Phi) is 5.77. The zero-order valence-electron chi connectivity index (χ0n) is 15.1. The van der Waals surface area contributed by atoms with E-state index in [0.29, 0.717) is 11.8 Å². The normalized spacial score (nSPS) is 27.8. The van der Waals surface area contributed by atoms with Crippen molar-refractivity contribution in [2.45, 2.75) is 39.2 Å². The SMILES string of the molecule is COc1cccc(C[NH+]2CCC(C(=O)N3CCC[C@@H](C)C3)CC2)c1. The van der Waals surface area contributed by atoms with E-state index in [2.05, 4.69) is 30.0 Å². The van der Waals surface area contributed by atoms with Crippen LogP contribution in [-0.4, -0.2) is 44.1 Å². The van der Waals surface area contributed by atoms with Crippen LogP contribution in [0, 0.1) is 11.8 Å². The number of benzene rings is 1. The van der Waals surface area contributed by atoms with Gasteiger partial charge in [-0.3, -0.25) is 4.79 Å². The minimum Gasteiger partial charge on any atom is -0.497 e. The number of methoxy groups -OCH3 is 1. The van der Waals surface area contributed by atoms with Crippen LogP contribution in [0.2, 0.25) is 0 Å². The molecule has 2 aliphatic heterocycles. The van der Waals surface area contributed by atoms with E-state index in [4.69, 9.17) is 4.74 Å². The molecule has 3 rings (SSSR count). The third kappa shape index (κ3) is 4.29. The Balaban J connectivity index is 1.49. The Labute approximate surface area is 145 Å². The predicted molar refractivity (Wildman–Crippen MR) is 95.1 cm³/mol. The van der Waals surface area contributed by atoms with Crippen LogP contribution in [-0.2, 0) is 11.3 Å². The van der Waals surface area contributed by atoms with Gasteiger partial charge in [0.2, 0.25) is 5.91 Å². The molecule has 2 saturated heterocycles. The van der Waals surface area contributed by atoms with Crippen LogP contribution in [0.25, 0.3) is 0 Å². The van der Waals surface area contributed by atoms with E-state index in [9.17, 15) is 4.79 Å². The maximum absolute atomic E-state index is 12.7. The van der Waals surface area contributed by atoms with E-state index < -0.39 is 0 Å². The summed E-state index contributed by atoms with van der Waals surface area (Å²) >= 11 is 0. The summed E-state index contributed by atoms with van der Waals surface area (Å²) in [5.41, 5.74) is 1.32. The smallest absolute Gasteiger partial charge is 0.226 e. The first-order valence-electron chi connectivity index (χ1n) is 9.41. The molecule has 0 saturated carbocycles. The Morgan fingerprint density at radius 2 is 2.08 bits per heavy atom. The number of rotatable bonds is 4. The molecule has 1 atom stereocenters. The third-order valence-corrected chi connectivity index (χ3v) is 5.60. The number of hydrogen-bond donors (Lipinski definition) is 1. The molecular formula is C20H31N2O2+. The zero-order chi connectivity index (χ0) is 16.9. The lowest BCUT2D eigenvalue weighted by atomic mass is 9.92. The van der Waals surface area contributed by atoms with Crippen molar-refractivity contribution in [2.75, 3.05) is 33.3 Å². The van der Waals surface area contributed by atoms with Crippen molar-refractivity contribution < 1.29 is 14.4 Å². The van der Waals surface area contributed by atoms with Crippen molar-refractivity contribution in [3.8, 4) is 5.75 Å². The molecule has 0 bridgehead atoms. The summed E-state index contributed by atoms with van der Waals surface area (Å²) in [5, 5.41) is 0. The van der Waals surface area contributed by atoms with Gasteiger partial charge < -0.3 is 14.5 Å². The number of amides is 1. The fourth-order valence-corrected chi connectivity index (χ4v) is 4.17. The summed E-state index contributed by atoms with van der Waals surface area (Å²) in [7, 11) is 1.71. The van der Waals surface area contributed by atoms with Crippen molar-refractivity contribution in [3.63, 3.8) is 0 Å². The molecule has 0 radical (unpaired) electrons. The largest absolute Gasteiger partial charge is 0.497 e. The maximum atomic E-state index is 12.7. The molecule has 4 heteroatoms. The first-order valence-corrected chi connectivity index (χ1v) is 9.41. The molecule has 0 spiro atoms. The van der Waals surface area contributed by atoms with Crippen LogP contribution in [0.4, 0.5) is 0 Å². The van der Waals surface area contributed by atoms with Crippen LogP contribution in [0.15, 0.2) is 24.3 Å². The number of carbonyl (C=O) groups is 1. The first-order chi connectivity index (χ1) is 11.7. The molecule has 24 heavy (non-hydrogen) atoms. The van der Waals surface area contributed by atoms with Crippen molar-refractivity contribution in [1.29, 1.82) is 0 Å². The maximum Gasteiger partial charge on any atom is 0.226 e. The first kappa shape index (κ1) is 17.3. The quantitative estimate of drug-likeness (QED) is 0.912. The van der Waals surface area contributed by atoms with Crippen LogP contribution in [0.5, 0.6) is 5.75 Å². The number of quaternary nitrogens is 1. The second-order valence-electron chi connectivity index (χ2n) is 7.58. The minimum absolute atomic E-state index is 0.254. The molecular weight excluding hydrogens is 300 g/mol. The van der Waals surface area contributed by atoms with E-state index in [-0.39, 0.29) is 5.92 Å². The fraction of sp³-hybridized carbons (Fsp3) is 0.650. The van der Waals surface area contributed by atoms with Gasteiger partial charge in [0.25, 0.3) is 0 Å². The Hall–Kier alpha value is -1.55. The van der Waals surface area contributed by atoms with Gasteiger partial charge in [0.05, 0.1) is 20.2 Å². The third-order valence-electron chi connectivity index (χ3n) is 5.60. The monoisotopic (exact) mass is 331 g/mol. The lowest BCUT2D eigenvalue weighted by Crippen LogP contribution is -3.11. The van der Waals surface area contributed by atoms with Gasteiger partial charge in [0.15, 0.2) is 0 Å². The van der Waals surface area contributed by atoms with Gasteiger partial charge in [0.1, 0.15) is 12.3 Å². The number of likely N-dealkylation sites (tertiary alicyclic amines) is 2. The minimum atomic E-state index is 0.254. The van der Waals surface area contributed by atoms with Crippen LogP contribution >= 0.6 is 0 Å². The van der Waals surface area contributed by atoms with Crippen LogP contribution < -0.4 is 9.64 Å². The molecule has 2 fully saturated rings. The van der Waals surface area contributed by atoms with Gasteiger partial charge in [-0.05, 0) is 30.9 Å². The highest BCUT2D eigenvalue weighted by Crippen LogP contribution is 2.21. The Bertz CT molecular complexity index is 552. The fourth-order valence-electron chi connectivity index (χ4n) is 4.17. The van der Waals surface area contributed by atoms with Gasteiger partial charge >= 0.3 is 0 Å². The van der Waals surface area contributed by atoms with Gasteiger partial charge in [-0.1, -0.05) is 19.1 Å². The molecule has 2 aliphatic rings. The molecule has 0 unspecified atom stereocenters. The molecule has 1 amide bonds. The molecule has 1 aromatic carbocycles. The number of carbonyl (C=O) groups excluding carboxylic acids is 1.